The zero-order valence-electron chi connectivity index (χ0n) is 5.90. The average molecular weight is 148 g/mol. The Balaban J connectivity index is 2.57. The monoisotopic (exact) mass is 148 g/mol. The maximum absolute atomic E-state index is 9.77. The van der Waals surface area contributed by atoms with Gasteiger partial charge in [-0.3, -0.25) is 4.79 Å². The molecule has 1 aromatic carbocycles. The molecule has 1 amide bonds. The molecule has 0 aliphatic carbocycles. The number of hydrazone groups is 1. The minimum atomic E-state index is 0.527. The predicted molar refractivity (Wildman–Crippen MR) is 43.2 cm³/mol. The van der Waals surface area contributed by atoms with Crippen LogP contribution in [0.15, 0.2) is 35.4 Å². The quantitative estimate of drug-likeness (QED) is 0.384. The second-order valence-electron chi connectivity index (χ2n) is 1.92. The third-order valence-corrected chi connectivity index (χ3v) is 1.14. The Labute approximate surface area is 64.7 Å². The van der Waals surface area contributed by atoms with Gasteiger partial charge in [-0.25, -0.2) is 5.43 Å². The van der Waals surface area contributed by atoms with E-state index in [1.807, 2.05) is 30.3 Å². The van der Waals surface area contributed by atoms with Crippen molar-refractivity contribution < 1.29 is 4.79 Å². The molecule has 3 nitrogen and oxygen atoms in total. The molecule has 0 aromatic heterocycles. The van der Waals surface area contributed by atoms with Gasteiger partial charge in [0.15, 0.2) is 0 Å². The second kappa shape index (κ2) is 4.22. The van der Waals surface area contributed by atoms with E-state index >= 15 is 0 Å². The van der Waals surface area contributed by atoms with Crippen LogP contribution in [0.2, 0.25) is 0 Å². The molecule has 0 unspecified atom stereocenters. The van der Waals surface area contributed by atoms with Gasteiger partial charge in [0.1, 0.15) is 0 Å². The lowest BCUT2D eigenvalue weighted by molar-refractivity contribution is -0.109. The highest BCUT2D eigenvalue weighted by Gasteiger charge is 1.80. The number of hydrogen-bond acceptors (Lipinski definition) is 2. The van der Waals surface area contributed by atoms with Gasteiger partial charge in [-0.1, -0.05) is 30.3 Å². The van der Waals surface area contributed by atoms with Gasteiger partial charge in [0.25, 0.3) is 0 Å². The largest absolute Gasteiger partial charge is 0.277 e. The Bertz CT molecular complexity index is 244. The van der Waals surface area contributed by atoms with Crippen LogP contribution >= 0.6 is 0 Å². The van der Waals surface area contributed by atoms with Crippen molar-refractivity contribution in [1.29, 1.82) is 0 Å². The van der Waals surface area contributed by atoms with Crippen molar-refractivity contribution in [2.45, 2.75) is 0 Å². The van der Waals surface area contributed by atoms with Crippen LogP contribution in [0.5, 0.6) is 0 Å². The molecule has 0 atom stereocenters. The van der Waals surface area contributed by atoms with E-state index in [1.54, 1.807) is 6.21 Å². The Morgan fingerprint density at radius 2 is 2.00 bits per heavy atom. The summed E-state index contributed by atoms with van der Waals surface area (Å²) >= 11 is 0. The summed E-state index contributed by atoms with van der Waals surface area (Å²) in [6.45, 7) is 0. The van der Waals surface area contributed by atoms with Crippen molar-refractivity contribution in [3.05, 3.63) is 35.9 Å². The van der Waals surface area contributed by atoms with Crippen LogP contribution in [0.4, 0.5) is 0 Å². The maximum atomic E-state index is 9.77. The summed E-state index contributed by atoms with van der Waals surface area (Å²) in [7, 11) is 0. The Kier molecular flexibility index (Phi) is 2.86. The lowest BCUT2D eigenvalue weighted by Crippen LogP contribution is -2.00. The van der Waals surface area contributed by atoms with Crippen molar-refractivity contribution >= 4 is 12.6 Å². The molecule has 0 bridgehead atoms. The normalized spacial score (nSPS) is 9.82. The third-order valence-electron chi connectivity index (χ3n) is 1.14. The van der Waals surface area contributed by atoms with Gasteiger partial charge in [-0.15, -0.1) is 0 Å². The standard InChI is InChI=1S/C8H8N2O/c11-7-10-9-6-8-4-2-1-3-5-8/h1-7H,(H,10,11)/b9-6+. The van der Waals surface area contributed by atoms with Crippen LogP contribution in [0, 0.1) is 0 Å². The number of amides is 1. The fraction of sp³-hybridized carbons (Fsp3) is 0. The first-order valence-corrected chi connectivity index (χ1v) is 3.21. The lowest BCUT2D eigenvalue weighted by atomic mass is 10.2. The molecular formula is C8H8N2O. The van der Waals surface area contributed by atoms with Crippen molar-refractivity contribution in [3.8, 4) is 0 Å². The number of nitrogens with one attached hydrogen (secondary N) is 1. The van der Waals surface area contributed by atoms with Crippen molar-refractivity contribution in [2.24, 2.45) is 5.10 Å². The highest BCUT2D eigenvalue weighted by Crippen LogP contribution is 1.92. The van der Waals surface area contributed by atoms with Gasteiger partial charge in [0.05, 0.1) is 6.21 Å². The summed E-state index contributed by atoms with van der Waals surface area (Å²) in [5.41, 5.74) is 3.15. The molecule has 0 aliphatic heterocycles. The molecule has 0 radical (unpaired) electrons. The van der Waals surface area contributed by atoms with Crippen LogP contribution in [0.1, 0.15) is 5.56 Å². The summed E-state index contributed by atoms with van der Waals surface area (Å²) in [6.07, 6.45) is 2.10. The zero-order valence-corrected chi connectivity index (χ0v) is 5.90. The first-order valence-electron chi connectivity index (χ1n) is 3.21. The molecule has 11 heavy (non-hydrogen) atoms. The fourth-order valence-electron chi connectivity index (χ4n) is 0.681. The molecule has 0 spiro atoms. The Morgan fingerprint density at radius 1 is 1.27 bits per heavy atom. The first-order chi connectivity index (χ1) is 5.43. The summed E-state index contributed by atoms with van der Waals surface area (Å²) in [5, 5.41) is 3.62. The average Bonchev–Trinajstić information content (AvgIpc) is 2.07. The van der Waals surface area contributed by atoms with E-state index in [9.17, 15) is 4.79 Å². The van der Waals surface area contributed by atoms with Crippen LogP contribution in [-0.2, 0) is 4.79 Å². The van der Waals surface area contributed by atoms with Crippen LogP contribution in [0.3, 0.4) is 0 Å². The number of carbonyl (C=O) groups is 1. The van der Waals surface area contributed by atoms with Gasteiger partial charge in [0.2, 0.25) is 6.41 Å². The smallest absolute Gasteiger partial charge is 0.227 e. The SMILES string of the molecule is O=CN/N=C/c1ccccc1. The van der Waals surface area contributed by atoms with Crippen molar-refractivity contribution in [1.82, 2.24) is 5.43 Å². The number of nitrogens with zero attached hydrogens (tertiary/aromatic N) is 1. The third kappa shape index (κ3) is 2.62. The van der Waals surface area contributed by atoms with Gasteiger partial charge < -0.3 is 0 Å². The predicted octanol–water partition coefficient (Wildman–Crippen LogP) is 0.766. The molecule has 0 saturated carbocycles. The molecular weight excluding hydrogens is 140 g/mol. The van der Waals surface area contributed by atoms with Crippen molar-refractivity contribution in [2.75, 3.05) is 0 Å². The molecule has 1 rings (SSSR count). The van der Waals surface area contributed by atoms with E-state index in [1.165, 1.54) is 0 Å². The minimum Gasteiger partial charge on any atom is -0.277 e. The minimum absolute atomic E-state index is 0.527. The van der Waals surface area contributed by atoms with E-state index in [4.69, 9.17) is 0 Å². The Hall–Kier alpha value is -1.64. The van der Waals surface area contributed by atoms with E-state index in [0.29, 0.717) is 6.41 Å². The van der Waals surface area contributed by atoms with Gasteiger partial charge in [-0.2, -0.15) is 5.10 Å². The topological polar surface area (TPSA) is 41.5 Å². The molecule has 0 heterocycles. The highest BCUT2D eigenvalue weighted by molar-refractivity contribution is 5.79. The zero-order chi connectivity index (χ0) is 7.94. The van der Waals surface area contributed by atoms with Crippen LogP contribution in [0.25, 0.3) is 0 Å². The molecule has 1 aromatic rings. The van der Waals surface area contributed by atoms with Crippen molar-refractivity contribution in [3.63, 3.8) is 0 Å². The van der Waals surface area contributed by atoms with Crippen LogP contribution < -0.4 is 5.43 Å². The fourth-order valence-corrected chi connectivity index (χ4v) is 0.681. The summed E-state index contributed by atoms with van der Waals surface area (Å²) in [4.78, 5) is 9.77. The second-order valence-corrected chi connectivity index (χ2v) is 1.92. The number of benzene rings is 1. The maximum Gasteiger partial charge on any atom is 0.227 e. The molecule has 56 valence electrons. The molecule has 1 N–H and O–H groups in total. The lowest BCUT2D eigenvalue weighted by Gasteiger charge is -1.88. The molecule has 3 heteroatoms. The molecule has 0 aliphatic rings. The number of carbonyl (C=O) groups excluding carboxylic acids is 1. The summed E-state index contributed by atoms with van der Waals surface area (Å²) in [6, 6.07) is 9.53. The van der Waals surface area contributed by atoms with Gasteiger partial charge in [0, 0.05) is 0 Å². The van der Waals surface area contributed by atoms with E-state index < -0.39 is 0 Å². The molecule has 0 saturated heterocycles. The first kappa shape index (κ1) is 7.47. The van der Waals surface area contributed by atoms with E-state index in [-0.39, 0.29) is 0 Å². The Morgan fingerprint density at radius 3 is 2.64 bits per heavy atom. The molecule has 0 fully saturated rings. The van der Waals surface area contributed by atoms with Gasteiger partial charge in [-0.05, 0) is 5.56 Å². The number of rotatable bonds is 3. The van der Waals surface area contributed by atoms with Crippen LogP contribution in [-0.4, -0.2) is 12.6 Å². The summed E-state index contributed by atoms with van der Waals surface area (Å²) in [5.74, 6) is 0. The highest BCUT2D eigenvalue weighted by atomic mass is 16.1. The number of hydrogen-bond donors (Lipinski definition) is 1. The van der Waals surface area contributed by atoms with Gasteiger partial charge >= 0.3 is 0 Å². The van der Waals surface area contributed by atoms with E-state index in [2.05, 4.69) is 10.5 Å². The summed E-state index contributed by atoms with van der Waals surface area (Å²) < 4.78 is 0. The van der Waals surface area contributed by atoms with E-state index in [0.717, 1.165) is 5.56 Å².